The molecule has 0 saturated carbocycles. The normalized spacial score (nSPS) is 11.6. The lowest BCUT2D eigenvalue weighted by molar-refractivity contribution is -0.0979. The van der Waals surface area contributed by atoms with Gasteiger partial charge in [0.1, 0.15) is 12.5 Å². The second-order valence-electron chi connectivity index (χ2n) is 4.23. The van der Waals surface area contributed by atoms with Crippen LogP contribution in [0.2, 0.25) is 0 Å². The number of benzene rings is 1. The largest absolute Gasteiger partial charge is 0.507 e. The van der Waals surface area contributed by atoms with Crippen molar-refractivity contribution in [3.8, 4) is 5.75 Å². The molecule has 2 nitrogen and oxygen atoms in total. The van der Waals surface area contributed by atoms with E-state index in [2.05, 4.69) is 6.08 Å². The topological polar surface area (TPSA) is 37.3 Å². The van der Waals surface area contributed by atoms with Gasteiger partial charge < -0.3 is 9.90 Å². The molecule has 1 N–H and O–H groups in total. The highest BCUT2D eigenvalue weighted by atomic mass is 16.3. The Morgan fingerprint density at radius 2 is 1.19 bits per heavy atom. The predicted molar refractivity (Wildman–Crippen MR) is 94.1 cm³/mol. The summed E-state index contributed by atoms with van der Waals surface area (Å²) in [5.41, 5.74) is 4.07. The SMILES string of the molecule is C=O.CC=Cc1cc(O)c(C=CC)c(C=CC)c1C=CC. The predicted octanol–water partition coefficient (Wildman–Crippen LogP) is 5.34. The average molecular weight is 284 g/mol. The minimum atomic E-state index is 0.313. The van der Waals surface area contributed by atoms with Gasteiger partial charge in [-0.2, -0.15) is 0 Å². The molecule has 1 rings (SSSR count). The number of allylic oxidation sites excluding steroid dienone is 4. The standard InChI is InChI=1S/C18H22O.CH2O/c1-5-9-14-13-18(19)17(12-8-4)16(11-7-3)15(14)10-6-2;1-2/h5-13,19H,1-4H3;1H2. The first-order chi connectivity index (χ1) is 10.2. The zero-order chi connectivity index (χ0) is 16.3. The van der Waals surface area contributed by atoms with Crippen molar-refractivity contribution in [3.63, 3.8) is 0 Å². The van der Waals surface area contributed by atoms with E-state index in [0.717, 1.165) is 22.3 Å². The van der Waals surface area contributed by atoms with E-state index in [1.54, 1.807) is 0 Å². The molecule has 1 aromatic rings. The average Bonchev–Trinajstić information content (AvgIpc) is 2.49. The van der Waals surface area contributed by atoms with Crippen molar-refractivity contribution in [2.75, 3.05) is 0 Å². The van der Waals surface area contributed by atoms with Gasteiger partial charge in [0, 0.05) is 5.56 Å². The highest BCUT2D eigenvalue weighted by Gasteiger charge is 2.11. The van der Waals surface area contributed by atoms with E-state index in [0.29, 0.717) is 5.75 Å². The Kier molecular flexibility index (Phi) is 9.27. The fourth-order valence-corrected chi connectivity index (χ4v) is 2.10. The number of phenols is 1. The van der Waals surface area contributed by atoms with Crippen LogP contribution in [-0.4, -0.2) is 11.9 Å². The van der Waals surface area contributed by atoms with Gasteiger partial charge in [-0.15, -0.1) is 0 Å². The Morgan fingerprint density at radius 1 is 0.762 bits per heavy atom. The summed E-state index contributed by atoms with van der Waals surface area (Å²) in [5, 5.41) is 10.2. The molecule has 0 aromatic heterocycles. The molecule has 0 fully saturated rings. The van der Waals surface area contributed by atoms with Crippen LogP contribution in [0.1, 0.15) is 49.9 Å². The Labute approximate surface area is 127 Å². The zero-order valence-corrected chi connectivity index (χ0v) is 13.3. The molecule has 112 valence electrons. The molecular weight excluding hydrogens is 260 g/mol. The number of phenolic OH excluding ortho intramolecular Hbond substituents is 1. The van der Waals surface area contributed by atoms with Crippen LogP contribution < -0.4 is 0 Å². The Morgan fingerprint density at radius 3 is 1.67 bits per heavy atom. The van der Waals surface area contributed by atoms with E-state index in [9.17, 15) is 5.11 Å². The summed E-state index contributed by atoms with van der Waals surface area (Å²) in [6, 6.07) is 1.82. The molecule has 0 aliphatic carbocycles. The van der Waals surface area contributed by atoms with Crippen LogP contribution in [0.4, 0.5) is 0 Å². The van der Waals surface area contributed by atoms with Gasteiger partial charge in [-0.05, 0) is 50.5 Å². The third-order valence-electron chi connectivity index (χ3n) is 2.81. The summed E-state index contributed by atoms with van der Waals surface area (Å²) in [5.74, 6) is 0.313. The number of carbonyl (C=O) groups is 1. The van der Waals surface area contributed by atoms with Crippen LogP contribution in [0, 0.1) is 0 Å². The van der Waals surface area contributed by atoms with Crippen molar-refractivity contribution in [1.29, 1.82) is 0 Å². The highest BCUT2D eigenvalue weighted by molar-refractivity contribution is 5.82. The number of aromatic hydroxyl groups is 1. The highest BCUT2D eigenvalue weighted by Crippen LogP contribution is 2.32. The molecule has 0 saturated heterocycles. The van der Waals surface area contributed by atoms with Crippen molar-refractivity contribution in [1.82, 2.24) is 0 Å². The molecule has 0 aliphatic rings. The van der Waals surface area contributed by atoms with Gasteiger partial charge in [0.15, 0.2) is 0 Å². The van der Waals surface area contributed by atoms with E-state index in [4.69, 9.17) is 4.79 Å². The third-order valence-corrected chi connectivity index (χ3v) is 2.81. The maximum atomic E-state index is 10.2. The summed E-state index contributed by atoms with van der Waals surface area (Å²) in [6.45, 7) is 9.92. The minimum absolute atomic E-state index is 0.313. The Bertz CT molecular complexity index is 561. The van der Waals surface area contributed by atoms with Crippen molar-refractivity contribution in [2.45, 2.75) is 27.7 Å². The van der Waals surface area contributed by atoms with E-state index in [1.807, 2.05) is 83.1 Å². The number of hydrogen-bond acceptors (Lipinski definition) is 2. The number of hydrogen-bond donors (Lipinski definition) is 1. The van der Waals surface area contributed by atoms with Crippen LogP contribution in [0.5, 0.6) is 5.75 Å². The molecule has 1 aromatic carbocycles. The van der Waals surface area contributed by atoms with Crippen LogP contribution in [0.25, 0.3) is 24.3 Å². The van der Waals surface area contributed by atoms with Crippen molar-refractivity contribution in [2.24, 2.45) is 0 Å². The molecule has 0 bridgehead atoms. The van der Waals surface area contributed by atoms with Crippen LogP contribution in [-0.2, 0) is 4.79 Å². The quantitative estimate of drug-likeness (QED) is 0.810. The summed E-state index contributed by atoms with van der Waals surface area (Å²) in [6.07, 6.45) is 16.0. The minimum Gasteiger partial charge on any atom is -0.507 e. The molecule has 21 heavy (non-hydrogen) atoms. The summed E-state index contributed by atoms with van der Waals surface area (Å²) >= 11 is 0. The lowest BCUT2D eigenvalue weighted by Crippen LogP contribution is -1.92. The third kappa shape index (κ3) is 4.92. The second-order valence-corrected chi connectivity index (χ2v) is 4.23. The van der Waals surface area contributed by atoms with E-state index in [1.165, 1.54) is 0 Å². The lowest BCUT2D eigenvalue weighted by atomic mass is 9.93. The summed E-state index contributed by atoms with van der Waals surface area (Å²) < 4.78 is 0. The first-order valence-corrected chi connectivity index (χ1v) is 6.89. The molecule has 2 heteroatoms. The summed E-state index contributed by atoms with van der Waals surface area (Å²) in [4.78, 5) is 8.00. The molecule has 0 unspecified atom stereocenters. The van der Waals surface area contributed by atoms with Gasteiger partial charge in [0.2, 0.25) is 0 Å². The van der Waals surface area contributed by atoms with Crippen molar-refractivity contribution in [3.05, 3.63) is 52.6 Å². The molecule has 0 spiro atoms. The van der Waals surface area contributed by atoms with Gasteiger partial charge >= 0.3 is 0 Å². The fourth-order valence-electron chi connectivity index (χ4n) is 2.10. The monoisotopic (exact) mass is 284 g/mol. The number of rotatable bonds is 4. The first kappa shape index (κ1) is 18.6. The molecular formula is C19H24O2. The van der Waals surface area contributed by atoms with Crippen LogP contribution in [0.15, 0.2) is 30.4 Å². The maximum Gasteiger partial charge on any atom is 0.124 e. The van der Waals surface area contributed by atoms with Crippen molar-refractivity contribution < 1.29 is 9.90 Å². The molecule has 0 atom stereocenters. The van der Waals surface area contributed by atoms with E-state index < -0.39 is 0 Å². The maximum absolute atomic E-state index is 10.2. The van der Waals surface area contributed by atoms with Gasteiger partial charge in [0.25, 0.3) is 0 Å². The van der Waals surface area contributed by atoms with Gasteiger partial charge in [0.05, 0.1) is 0 Å². The van der Waals surface area contributed by atoms with Gasteiger partial charge in [-0.3, -0.25) is 0 Å². The van der Waals surface area contributed by atoms with E-state index in [-0.39, 0.29) is 0 Å². The van der Waals surface area contributed by atoms with E-state index >= 15 is 0 Å². The number of carbonyl (C=O) groups excluding carboxylic acids is 1. The zero-order valence-electron chi connectivity index (χ0n) is 13.3. The Balaban J connectivity index is 0.00000191. The molecule has 0 aliphatic heterocycles. The summed E-state index contributed by atoms with van der Waals surface area (Å²) in [7, 11) is 0. The lowest BCUT2D eigenvalue weighted by Gasteiger charge is -2.13. The Hall–Kier alpha value is -2.35. The van der Waals surface area contributed by atoms with Crippen LogP contribution in [0.3, 0.4) is 0 Å². The molecule has 0 heterocycles. The fraction of sp³-hybridized carbons (Fsp3) is 0.211. The van der Waals surface area contributed by atoms with Gasteiger partial charge in [-0.25, -0.2) is 0 Å². The smallest absolute Gasteiger partial charge is 0.124 e. The second kappa shape index (κ2) is 10.4. The van der Waals surface area contributed by atoms with Gasteiger partial charge in [-0.1, -0.05) is 48.6 Å². The molecule has 0 amide bonds. The van der Waals surface area contributed by atoms with Crippen LogP contribution >= 0.6 is 0 Å². The molecule has 0 radical (unpaired) electrons. The van der Waals surface area contributed by atoms with Crippen molar-refractivity contribution >= 4 is 31.1 Å². The first-order valence-electron chi connectivity index (χ1n) is 6.89.